The summed E-state index contributed by atoms with van der Waals surface area (Å²) >= 11 is 6.47. The fourth-order valence-corrected chi connectivity index (χ4v) is 4.33. The second-order valence-electron chi connectivity index (χ2n) is 7.91. The molecule has 0 bridgehead atoms. The number of nitrogens with zero attached hydrogens (tertiary/aromatic N) is 3. The van der Waals surface area contributed by atoms with E-state index in [0.29, 0.717) is 11.1 Å². The number of halogens is 4. The number of aromatic nitrogens is 3. The zero-order valence-corrected chi connectivity index (χ0v) is 18.4. The van der Waals surface area contributed by atoms with Gasteiger partial charge in [-0.05, 0) is 41.0 Å². The molecule has 0 saturated heterocycles. The molecule has 4 aromatic rings. The van der Waals surface area contributed by atoms with Crippen molar-refractivity contribution in [3.05, 3.63) is 81.6 Å². The topological polar surface area (TPSA) is 81.2 Å². The van der Waals surface area contributed by atoms with Gasteiger partial charge in [-0.25, -0.2) is 4.79 Å². The van der Waals surface area contributed by atoms with Gasteiger partial charge in [0.25, 0.3) is 0 Å². The van der Waals surface area contributed by atoms with E-state index in [0.717, 1.165) is 5.56 Å². The molecule has 172 valence electrons. The third-order valence-corrected chi connectivity index (χ3v) is 6.19. The van der Waals surface area contributed by atoms with Crippen LogP contribution < -0.4 is 5.76 Å². The van der Waals surface area contributed by atoms with Crippen molar-refractivity contribution in [1.29, 1.82) is 0 Å². The van der Waals surface area contributed by atoms with E-state index in [1.165, 1.54) is 42.9 Å². The van der Waals surface area contributed by atoms with Gasteiger partial charge in [-0.1, -0.05) is 36.7 Å². The molecule has 1 N–H and O–H groups in total. The lowest BCUT2D eigenvalue weighted by Crippen LogP contribution is -2.37. The van der Waals surface area contributed by atoms with Crippen molar-refractivity contribution in [2.45, 2.75) is 31.0 Å². The SMILES string of the molecule is CC(c1ccc(-c2ccnnc2)cc1Cl)C(O)(CC(F)(F)F)c1ccc2oc(=O)n(C)c2c1. The van der Waals surface area contributed by atoms with E-state index in [1.807, 2.05) is 0 Å². The van der Waals surface area contributed by atoms with Crippen LogP contribution >= 0.6 is 11.6 Å². The first kappa shape index (κ1) is 23.0. The first-order valence-electron chi connectivity index (χ1n) is 9.95. The van der Waals surface area contributed by atoms with Crippen molar-refractivity contribution in [1.82, 2.24) is 14.8 Å². The summed E-state index contributed by atoms with van der Waals surface area (Å²) in [6.45, 7) is 1.49. The molecule has 0 saturated carbocycles. The normalized spacial score (nSPS) is 14.9. The van der Waals surface area contributed by atoms with Crippen LogP contribution in [0, 0.1) is 0 Å². The first-order valence-corrected chi connectivity index (χ1v) is 10.3. The van der Waals surface area contributed by atoms with Gasteiger partial charge in [-0.15, -0.1) is 0 Å². The monoisotopic (exact) mass is 477 g/mol. The molecule has 4 rings (SSSR count). The summed E-state index contributed by atoms with van der Waals surface area (Å²) in [4.78, 5) is 11.8. The molecule has 10 heteroatoms. The zero-order chi connectivity index (χ0) is 24.0. The van der Waals surface area contributed by atoms with Crippen molar-refractivity contribution in [3.63, 3.8) is 0 Å². The molecule has 0 spiro atoms. The van der Waals surface area contributed by atoms with Gasteiger partial charge in [0, 0.05) is 23.6 Å². The molecule has 0 radical (unpaired) electrons. The van der Waals surface area contributed by atoms with Crippen LogP contribution in [0.1, 0.15) is 30.4 Å². The fraction of sp³-hybridized carbons (Fsp3) is 0.261. The average Bonchev–Trinajstić information content (AvgIpc) is 3.05. The Kier molecular flexibility index (Phi) is 5.79. The molecule has 2 aromatic carbocycles. The Morgan fingerprint density at radius 3 is 2.52 bits per heavy atom. The van der Waals surface area contributed by atoms with Crippen LogP contribution in [0.5, 0.6) is 0 Å². The molecule has 0 aliphatic heterocycles. The van der Waals surface area contributed by atoms with E-state index in [9.17, 15) is 23.1 Å². The maximum atomic E-state index is 13.6. The summed E-state index contributed by atoms with van der Waals surface area (Å²) in [5.74, 6) is -1.70. The van der Waals surface area contributed by atoms with Crippen LogP contribution in [0.25, 0.3) is 22.2 Å². The van der Waals surface area contributed by atoms with Crippen LogP contribution in [-0.4, -0.2) is 26.0 Å². The number of aryl methyl sites for hydroxylation is 1. The van der Waals surface area contributed by atoms with E-state index >= 15 is 0 Å². The van der Waals surface area contributed by atoms with Gasteiger partial charge < -0.3 is 9.52 Å². The molecule has 0 fully saturated rings. The summed E-state index contributed by atoms with van der Waals surface area (Å²) in [7, 11) is 1.44. The van der Waals surface area contributed by atoms with E-state index in [2.05, 4.69) is 10.2 Å². The Morgan fingerprint density at radius 1 is 1.12 bits per heavy atom. The highest BCUT2D eigenvalue weighted by molar-refractivity contribution is 6.31. The molecule has 0 aliphatic carbocycles. The molecule has 6 nitrogen and oxygen atoms in total. The molecule has 0 aliphatic rings. The highest BCUT2D eigenvalue weighted by Gasteiger charge is 2.47. The first-order chi connectivity index (χ1) is 15.5. The number of rotatable bonds is 5. The zero-order valence-electron chi connectivity index (χ0n) is 17.6. The van der Waals surface area contributed by atoms with Gasteiger partial charge in [-0.2, -0.15) is 23.4 Å². The summed E-state index contributed by atoms with van der Waals surface area (Å²) in [6, 6.07) is 10.7. The minimum Gasteiger partial charge on any atom is -0.408 e. The lowest BCUT2D eigenvalue weighted by atomic mass is 9.75. The van der Waals surface area contributed by atoms with E-state index in [4.69, 9.17) is 16.0 Å². The lowest BCUT2D eigenvalue weighted by molar-refractivity contribution is -0.183. The van der Waals surface area contributed by atoms with Gasteiger partial charge in [0.05, 0.1) is 24.3 Å². The number of benzene rings is 2. The number of hydrogen-bond acceptors (Lipinski definition) is 5. The molecular weight excluding hydrogens is 459 g/mol. The Morgan fingerprint density at radius 2 is 1.88 bits per heavy atom. The summed E-state index contributed by atoms with van der Waals surface area (Å²) < 4.78 is 47.1. The third-order valence-electron chi connectivity index (χ3n) is 5.86. The fourth-order valence-electron chi connectivity index (χ4n) is 3.98. The smallest absolute Gasteiger partial charge is 0.408 e. The van der Waals surface area contributed by atoms with E-state index < -0.39 is 29.9 Å². The Bertz CT molecular complexity index is 1370. The molecular formula is C23H19ClF3N3O3. The van der Waals surface area contributed by atoms with E-state index in [1.54, 1.807) is 30.5 Å². The van der Waals surface area contributed by atoms with Crippen molar-refractivity contribution >= 4 is 22.7 Å². The summed E-state index contributed by atoms with van der Waals surface area (Å²) in [6.07, 6.45) is -3.12. The maximum absolute atomic E-state index is 13.6. The number of hydrogen-bond donors (Lipinski definition) is 1. The van der Waals surface area contributed by atoms with Gasteiger partial charge in [-0.3, -0.25) is 4.57 Å². The Hall–Kier alpha value is -3.17. The Balaban J connectivity index is 1.82. The number of aliphatic hydroxyl groups is 1. The van der Waals surface area contributed by atoms with Crippen molar-refractivity contribution in [3.8, 4) is 11.1 Å². The number of oxazole rings is 1. The van der Waals surface area contributed by atoms with Crippen molar-refractivity contribution in [2.24, 2.45) is 7.05 Å². The average molecular weight is 478 g/mol. The summed E-state index contributed by atoms with van der Waals surface area (Å²) in [5.41, 5.74) is -0.0880. The second-order valence-corrected chi connectivity index (χ2v) is 8.32. The molecule has 2 unspecified atom stereocenters. The lowest BCUT2D eigenvalue weighted by Gasteiger charge is -2.36. The van der Waals surface area contributed by atoms with Gasteiger partial charge in [0.1, 0.15) is 5.60 Å². The minimum absolute atomic E-state index is 0.00491. The quantitative estimate of drug-likeness (QED) is 0.428. The van der Waals surface area contributed by atoms with Crippen molar-refractivity contribution < 1.29 is 22.7 Å². The number of alkyl halides is 3. The van der Waals surface area contributed by atoms with E-state index in [-0.39, 0.29) is 21.7 Å². The largest absolute Gasteiger partial charge is 0.419 e. The number of fused-ring (bicyclic) bond motifs is 1. The van der Waals surface area contributed by atoms with Crippen molar-refractivity contribution in [2.75, 3.05) is 0 Å². The van der Waals surface area contributed by atoms with Crippen LogP contribution in [0.4, 0.5) is 13.2 Å². The molecule has 2 aromatic heterocycles. The predicted molar refractivity (Wildman–Crippen MR) is 117 cm³/mol. The molecule has 2 heterocycles. The predicted octanol–water partition coefficient (Wildman–Crippen LogP) is 5.19. The standard InChI is InChI=1S/C23H19ClF3N3O3/c1-13(17-5-3-14(9-18(17)24)15-7-8-28-29-11-15)22(32,12-23(25,26)27)16-4-6-20-19(10-16)30(2)21(31)33-20/h3-11,13,32H,12H2,1-2H3. The van der Waals surface area contributed by atoms with Crippen LogP contribution in [-0.2, 0) is 12.6 Å². The Labute approximate surface area is 191 Å². The highest BCUT2D eigenvalue weighted by atomic mass is 35.5. The van der Waals surface area contributed by atoms with Gasteiger partial charge in [0.15, 0.2) is 5.58 Å². The van der Waals surface area contributed by atoms with Gasteiger partial charge in [0.2, 0.25) is 0 Å². The minimum atomic E-state index is -4.67. The second kappa shape index (κ2) is 8.31. The van der Waals surface area contributed by atoms with Crippen LogP contribution in [0.2, 0.25) is 5.02 Å². The van der Waals surface area contributed by atoms with Gasteiger partial charge >= 0.3 is 11.9 Å². The molecule has 2 atom stereocenters. The third kappa shape index (κ3) is 4.38. The summed E-state index contributed by atoms with van der Waals surface area (Å²) in [5, 5.41) is 19.2. The molecule has 33 heavy (non-hydrogen) atoms. The maximum Gasteiger partial charge on any atom is 0.419 e. The highest BCUT2D eigenvalue weighted by Crippen LogP contribution is 2.47. The van der Waals surface area contributed by atoms with Crippen LogP contribution in [0.3, 0.4) is 0 Å². The molecule has 0 amide bonds. The van der Waals surface area contributed by atoms with Crippen LogP contribution in [0.15, 0.2) is 64.1 Å².